The predicted molar refractivity (Wildman–Crippen MR) is 53.4 cm³/mol. The van der Waals surface area contributed by atoms with E-state index in [1.54, 1.807) is 0 Å². The number of nitrogens with zero attached hydrogens (tertiary/aromatic N) is 1. The van der Waals surface area contributed by atoms with Gasteiger partial charge >= 0.3 is 0 Å². The highest BCUT2D eigenvalue weighted by Crippen LogP contribution is 2.08. The van der Waals surface area contributed by atoms with Crippen LogP contribution in [0.15, 0.2) is 0 Å². The minimum Gasteiger partial charge on any atom is -0.313 e. The SMILES string of the molecule is CCC(C)N(C)CC1CCCN1. The summed E-state index contributed by atoms with van der Waals surface area (Å²) in [5.74, 6) is 0. The smallest absolute Gasteiger partial charge is 0.0195 e. The Morgan fingerprint density at radius 2 is 2.33 bits per heavy atom. The van der Waals surface area contributed by atoms with Gasteiger partial charge in [0.2, 0.25) is 0 Å². The van der Waals surface area contributed by atoms with Crippen LogP contribution >= 0.6 is 0 Å². The molecule has 0 spiro atoms. The largest absolute Gasteiger partial charge is 0.313 e. The monoisotopic (exact) mass is 170 g/mol. The summed E-state index contributed by atoms with van der Waals surface area (Å²) in [6.45, 7) is 6.99. The molecule has 1 aliphatic rings. The quantitative estimate of drug-likeness (QED) is 0.687. The molecule has 0 bridgehead atoms. The van der Waals surface area contributed by atoms with E-state index in [4.69, 9.17) is 0 Å². The second kappa shape index (κ2) is 4.83. The molecule has 1 heterocycles. The summed E-state index contributed by atoms with van der Waals surface area (Å²) in [4.78, 5) is 2.46. The Morgan fingerprint density at radius 3 is 2.83 bits per heavy atom. The maximum atomic E-state index is 3.52. The van der Waals surface area contributed by atoms with Crippen molar-refractivity contribution < 1.29 is 0 Å². The van der Waals surface area contributed by atoms with Gasteiger partial charge < -0.3 is 10.2 Å². The van der Waals surface area contributed by atoms with Gasteiger partial charge in [0, 0.05) is 18.6 Å². The average molecular weight is 170 g/mol. The number of hydrogen-bond donors (Lipinski definition) is 1. The Kier molecular flexibility index (Phi) is 4.02. The van der Waals surface area contributed by atoms with Crippen LogP contribution in [0.2, 0.25) is 0 Å². The van der Waals surface area contributed by atoms with E-state index in [1.807, 2.05) is 0 Å². The lowest BCUT2D eigenvalue weighted by Crippen LogP contribution is -2.39. The van der Waals surface area contributed by atoms with E-state index in [-0.39, 0.29) is 0 Å². The Hall–Kier alpha value is -0.0800. The van der Waals surface area contributed by atoms with Crippen LogP contribution in [-0.4, -0.2) is 37.1 Å². The molecule has 0 radical (unpaired) electrons. The highest BCUT2D eigenvalue weighted by atomic mass is 15.2. The van der Waals surface area contributed by atoms with Gasteiger partial charge in [0.05, 0.1) is 0 Å². The second-order valence-electron chi connectivity index (χ2n) is 3.99. The molecule has 2 unspecified atom stereocenters. The maximum Gasteiger partial charge on any atom is 0.0195 e. The second-order valence-corrected chi connectivity index (χ2v) is 3.99. The fraction of sp³-hybridized carbons (Fsp3) is 1.00. The predicted octanol–water partition coefficient (Wildman–Crippen LogP) is 1.47. The van der Waals surface area contributed by atoms with Gasteiger partial charge in [-0.1, -0.05) is 6.92 Å². The van der Waals surface area contributed by atoms with E-state index >= 15 is 0 Å². The minimum absolute atomic E-state index is 0.729. The molecule has 0 amide bonds. The lowest BCUT2D eigenvalue weighted by Gasteiger charge is -2.26. The summed E-state index contributed by atoms with van der Waals surface area (Å²) >= 11 is 0. The van der Waals surface area contributed by atoms with Gasteiger partial charge in [-0.15, -0.1) is 0 Å². The van der Waals surface area contributed by atoms with E-state index in [0.29, 0.717) is 0 Å². The van der Waals surface area contributed by atoms with Crippen LogP contribution < -0.4 is 5.32 Å². The molecule has 1 N–H and O–H groups in total. The van der Waals surface area contributed by atoms with Crippen molar-refractivity contribution in [3.8, 4) is 0 Å². The van der Waals surface area contributed by atoms with Crippen molar-refractivity contribution in [2.75, 3.05) is 20.1 Å². The van der Waals surface area contributed by atoms with Crippen LogP contribution in [0.1, 0.15) is 33.1 Å². The summed E-state index contributed by atoms with van der Waals surface area (Å²) in [5.41, 5.74) is 0. The van der Waals surface area contributed by atoms with Gasteiger partial charge in [-0.05, 0) is 39.8 Å². The first kappa shape index (κ1) is 10.0. The maximum absolute atomic E-state index is 3.52. The zero-order valence-corrected chi connectivity index (χ0v) is 8.64. The molecule has 1 rings (SSSR count). The summed E-state index contributed by atoms with van der Waals surface area (Å²) in [7, 11) is 2.23. The van der Waals surface area contributed by atoms with Crippen molar-refractivity contribution in [1.29, 1.82) is 0 Å². The molecule has 1 fully saturated rings. The van der Waals surface area contributed by atoms with E-state index in [1.165, 1.54) is 32.4 Å². The minimum atomic E-state index is 0.729. The molecule has 1 saturated heterocycles. The summed E-state index contributed by atoms with van der Waals surface area (Å²) in [6, 6.07) is 1.48. The van der Waals surface area contributed by atoms with Crippen molar-refractivity contribution in [3.63, 3.8) is 0 Å². The van der Waals surface area contributed by atoms with Crippen molar-refractivity contribution >= 4 is 0 Å². The van der Waals surface area contributed by atoms with E-state index in [2.05, 4.69) is 31.1 Å². The third kappa shape index (κ3) is 2.76. The molecule has 0 aromatic heterocycles. The highest BCUT2D eigenvalue weighted by molar-refractivity contribution is 4.78. The standard InChI is InChI=1S/C10H22N2/c1-4-9(2)12(3)8-10-6-5-7-11-10/h9-11H,4-8H2,1-3H3. The van der Waals surface area contributed by atoms with Gasteiger partial charge in [-0.2, -0.15) is 0 Å². The van der Waals surface area contributed by atoms with Gasteiger partial charge in [-0.3, -0.25) is 0 Å². The van der Waals surface area contributed by atoms with Crippen LogP contribution in [-0.2, 0) is 0 Å². The normalized spacial score (nSPS) is 26.5. The van der Waals surface area contributed by atoms with Crippen LogP contribution in [0.5, 0.6) is 0 Å². The van der Waals surface area contributed by atoms with Gasteiger partial charge in [0.15, 0.2) is 0 Å². The van der Waals surface area contributed by atoms with E-state index < -0.39 is 0 Å². The third-order valence-electron chi connectivity index (χ3n) is 3.01. The van der Waals surface area contributed by atoms with Crippen LogP contribution in [0, 0.1) is 0 Å². The number of hydrogen-bond acceptors (Lipinski definition) is 2. The third-order valence-corrected chi connectivity index (χ3v) is 3.01. The molecule has 0 aliphatic carbocycles. The molecule has 2 atom stereocenters. The first-order valence-corrected chi connectivity index (χ1v) is 5.17. The molecule has 0 aromatic rings. The summed E-state index contributed by atoms with van der Waals surface area (Å²) in [5, 5.41) is 3.52. The van der Waals surface area contributed by atoms with E-state index in [9.17, 15) is 0 Å². The first-order valence-electron chi connectivity index (χ1n) is 5.17. The van der Waals surface area contributed by atoms with Gasteiger partial charge in [0.1, 0.15) is 0 Å². The first-order chi connectivity index (χ1) is 5.74. The van der Waals surface area contributed by atoms with Gasteiger partial charge in [-0.25, -0.2) is 0 Å². The fourth-order valence-electron chi connectivity index (χ4n) is 1.75. The van der Waals surface area contributed by atoms with Crippen molar-refractivity contribution in [1.82, 2.24) is 10.2 Å². The molecular formula is C10H22N2. The average Bonchev–Trinajstić information content (AvgIpc) is 2.55. The molecular weight excluding hydrogens is 148 g/mol. The number of likely N-dealkylation sites (N-methyl/N-ethyl adjacent to an activating group) is 1. The molecule has 72 valence electrons. The number of rotatable bonds is 4. The van der Waals surface area contributed by atoms with Crippen LogP contribution in [0.4, 0.5) is 0 Å². The zero-order valence-electron chi connectivity index (χ0n) is 8.64. The lowest BCUT2D eigenvalue weighted by molar-refractivity contribution is 0.230. The van der Waals surface area contributed by atoms with Crippen molar-refractivity contribution in [2.24, 2.45) is 0 Å². The molecule has 1 aliphatic heterocycles. The fourth-order valence-corrected chi connectivity index (χ4v) is 1.75. The molecule has 12 heavy (non-hydrogen) atoms. The van der Waals surface area contributed by atoms with Crippen molar-refractivity contribution in [2.45, 2.75) is 45.2 Å². The van der Waals surface area contributed by atoms with Crippen LogP contribution in [0.3, 0.4) is 0 Å². The highest BCUT2D eigenvalue weighted by Gasteiger charge is 2.17. The Balaban J connectivity index is 2.19. The van der Waals surface area contributed by atoms with Gasteiger partial charge in [0.25, 0.3) is 0 Å². The van der Waals surface area contributed by atoms with Crippen LogP contribution in [0.25, 0.3) is 0 Å². The Bertz CT molecular complexity index is 119. The Morgan fingerprint density at radius 1 is 1.58 bits per heavy atom. The summed E-state index contributed by atoms with van der Waals surface area (Å²) in [6.07, 6.45) is 3.98. The number of nitrogens with one attached hydrogen (secondary N) is 1. The Labute approximate surface area is 76.3 Å². The molecule has 0 saturated carbocycles. The molecule has 2 heteroatoms. The summed E-state index contributed by atoms with van der Waals surface area (Å²) < 4.78 is 0. The topological polar surface area (TPSA) is 15.3 Å². The molecule has 0 aromatic carbocycles. The van der Waals surface area contributed by atoms with E-state index in [0.717, 1.165) is 12.1 Å². The zero-order chi connectivity index (χ0) is 8.97. The molecule has 2 nitrogen and oxygen atoms in total. The lowest BCUT2D eigenvalue weighted by atomic mass is 10.2. The van der Waals surface area contributed by atoms with Crippen molar-refractivity contribution in [3.05, 3.63) is 0 Å².